The largest absolute Gasteiger partial charge is 0.419 e. The molecular formula is C13H12F4N2O. The third-order valence-electron chi connectivity index (χ3n) is 2.59. The van der Waals surface area contributed by atoms with E-state index < -0.39 is 35.1 Å². The highest BCUT2D eigenvalue weighted by molar-refractivity contribution is 5.95. The number of rotatable bonds is 4. The Hall–Kier alpha value is -2.10. The minimum Gasteiger partial charge on any atom is -0.336 e. The van der Waals surface area contributed by atoms with E-state index in [2.05, 4.69) is 5.32 Å². The standard InChI is InChI=1S/C13H12F4N2O/c1-2-4-8(7-18)19-12(20)9-5-3-6-10(11(9)14)13(15,16)17/h3,5-6,8H,2,4H2,1H3,(H,19,20). The van der Waals surface area contributed by atoms with Gasteiger partial charge in [0.05, 0.1) is 17.2 Å². The van der Waals surface area contributed by atoms with Crippen molar-refractivity contribution in [3.05, 3.63) is 35.1 Å². The molecule has 0 heterocycles. The molecular weight excluding hydrogens is 276 g/mol. The molecule has 0 aliphatic rings. The van der Waals surface area contributed by atoms with Gasteiger partial charge in [-0.2, -0.15) is 18.4 Å². The zero-order chi connectivity index (χ0) is 15.3. The van der Waals surface area contributed by atoms with Crippen molar-refractivity contribution in [2.24, 2.45) is 0 Å². The Labute approximate surface area is 113 Å². The second-order valence-electron chi connectivity index (χ2n) is 4.11. The number of nitriles is 1. The summed E-state index contributed by atoms with van der Waals surface area (Å²) in [6, 6.07) is 3.38. The highest BCUT2D eigenvalue weighted by atomic mass is 19.4. The van der Waals surface area contributed by atoms with E-state index in [1.807, 2.05) is 0 Å². The van der Waals surface area contributed by atoms with Gasteiger partial charge in [0.1, 0.15) is 11.9 Å². The summed E-state index contributed by atoms with van der Waals surface area (Å²) in [4.78, 5) is 11.7. The molecule has 0 saturated carbocycles. The van der Waals surface area contributed by atoms with Gasteiger partial charge >= 0.3 is 6.18 Å². The second-order valence-corrected chi connectivity index (χ2v) is 4.11. The van der Waals surface area contributed by atoms with E-state index in [1.165, 1.54) is 0 Å². The van der Waals surface area contributed by atoms with Crippen molar-refractivity contribution in [1.82, 2.24) is 5.32 Å². The first kappa shape index (κ1) is 16.0. The van der Waals surface area contributed by atoms with Crippen LogP contribution in [0.15, 0.2) is 18.2 Å². The fourth-order valence-corrected chi connectivity index (χ4v) is 1.62. The molecule has 1 aromatic carbocycles. The lowest BCUT2D eigenvalue weighted by Crippen LogP contribution is -2.34. The van der Waals surface area contributed by atoms with Gasteiger partial charge in [-0.05, 0) is 18.6 Å². The SMILES string of the molecule is CCCC(C#N)NC(=O)c1cccc(C(F)(F)F)c1F. The third-order valence-corrected chi connectivity index (χ3v) is 2.59. The zero-order valence-electron chi connectivity index (χ0n) is 10.6. The van der Waals surface area contributed by atoms with Crippen molar-refractivity contribution in [3.63, 3.8) is 0 Å². The van der Waals surface area contributed by atoms with Crippen LogP contribution in [0.1, 0.15) is 35.7 Å². The average Bonchev–Trinajstić information content (AvgIpc) is 2.36. The van der Waals surface area contributed by atoms with Crippen LogP contribution in [0.5, 0.6) is 0 Å². The molecule has 0 fully saturated rings. The number of halogens is 4. The molecule has 0 saturated heterocycles. The molecule has 7 heteroatoms. The number of carbonyl (C=O) groups is 1. The summed E-state index contributed by atoms with van der Waals surface area (Å²) >= 11 is 0. The van der Waals surface area contributed by atoms with E-state index in [4.69, 9.17) is 5.26 Å². The quantitative estimate of drug-likeness (QED) is 0.864. The predicted octanol–water partition coefficient (Wildman–Crippen LogP) is 3.27. The van der Waals surface area contributed by atoms with Gasteiger partial charge in [0.15, 0.2) is 0 Å². The summed E-state index contributed by atoms with van der Waals surface area (Å²) < 4.78 is 51.2. The van der Waals surface area contributed by atoms with Crippen LogP contribution in [0, 0.1) is 17.1 Å². The van der Waals surface area contributed by atoms with Gasteiger partial charge in [-0.25, -0.2) is 4.39 Å². The molecule has 1 amide bonds. The van der Waals surface area contributed by atoms with Crippen molar-refractivity contribution >= 4 is 5.91 Å². The van der Waals surface area contributed by atoms with Crippen LogP contribution >= 0.6 is 0 Å². The van der Waals surface area contributed by atoms with Crippen LogP contribution in [0.4, 0.5) is 17.6 Å². The number of nitrogens with one attached hydrogen (secondary N) is 1. The van der Waals surface area contributed by atoms with Gasteiger partial charge < -0.3 is 5.32 Å². The van der Waals surface area contributed by atoms with Crippen molar-refractivity contribution in [2.75, 3.05) is 0 Å². The summed E-state index contributed by atoms with van der Waals surface area (Å²) in [7, 11) is 0. The molecule has 1 unspecified atom stereocenters. The monoisotopic (exact) mass is 288 g/mol. The second kappa shape index (κ2) is 6.37. The molecule has 0 aromatic heterocycles. The van der Waals surface area contributed by atoms with E-state index in [0.29, 0.717) is 18.9 Å². The first-order chi connectivity index (χ1) is 9.31. The van der Waals surface area contributed by atoms with Gasteiger partial charge in [-0.1, -0.05) is 19.4 Å². The molecule has 1 rings (SSSR count). The first-order valence-electron chi connectivity index (χ1n) is 5.87. The van der Waals surface area contributed by atoms with Gasteiger partial charge in [-0.15, -0.1) is 0 Å². The zero-order valence-corrected chi connectivity index (χ0v) is 10.6. The van der Waals surface area contributed by atoms with Gasteiger partial charge in [0.25, 0.3) is 5.91 Å². The molecule has 3 nitrogen and oxygen atoms in total. The first-order valence-corrected chi connectivity index (χ1v) is 5.87. The number of nitrogens with zero attached hydrogens (tertiary/aromatic N) is 1. The van der Waals surface area contributed by atoms with Gasteiger partial charge in [-0.3, -0.25) is 4.79 Å². The summed E-state index contributed by atoms with van der Waals surface area (Å²) in [5.74, 6) is -2.67. The topological polar surface area (TPSA) is 52.9 Å². The Morgan fingerprint density at radius 3 is 2.60 bits per heavy atom. The van der Waals surface area contributed by atoms with Crippen LogP contribution in [0.25, 0.3) is 0 Å². The average molecular weight is 288 g/mol. The van der Waals surface area contributed by atoms with E-state index in [1.54, 1.807) is 13.0 Å². The smallest absolute Gasteiger partial charge is 0.336 e. The van der Waals surface area contributed by atoms with E-state index >= 15 is 0 Å². The van der Waals surface area contributed by atoms with Crippen LogP contribution in [-0.2, 0) is 6.18 Å². The minimum absolute atomic E-state index is 0.336. The normalized spacial score (nSPS) is 12.6. The van der Waals surface area contributed by atoms with Crippen molar-refractivity contribution in [1.29, 1.82) is 5.26 Å². The number of benzene rings is 1. The summed E-state index contributed by atoms with van der Waals surface area (Å²) in [5, 5.41) is 11.0. The highest BCUT2D eigenvalue weighted by Crippen LogP contribution is 2.32. The summed E-state index contributed by atoms with van der Waals surface area (Å²) in [6.45, 7) is 1.78. The fraction of sp³-hybridized carbons (Fsp3) is 0.385. The van der Waals surface area contributed by atoms with Gasteiger partial charge in [0, 0.05) is 0 Å². The minimum atomic E-state index is -4.88. The van der Waals surface area contributed by atoms with Crippen molar-refractivity contribution < 1.29 is 22.4 Å². The molecule has 1 aromatic rings. The molecule has 0 radical (unpaired) electrons. The predicted molar refractivity (Wildman–Crippen MR) is 63.2 cm³/mol. The highest BCUT2D eigenvalue weighted by Gasteiger charge is 2.35. The summed E-state index contributed by atoms with van der Waals surface area (Å²) in [6.07, 6.45) is -3.94. The number of hydrogen-bond acceptors (Lipinski definition) is 2. The Balaban J connectivity index is 3.03. The Bertz CT molecular complexity index is 534. The maximum Gasteiger partial charge on any atom is 0.419 e. The Morgan fingerprint density at radius 2 is 2.10 bits per heavy atom. The maximum atomic E-state index is 13.7. The lowest BCUT2D eigenvalue weighted by atomic mass is 10.1. The van der Waals surface area contributed by atoms with Crippen LogP contribution in [0.2, 0.25) is 0 Å². The van der Waals surface area contributed by atoms with Gasteiger partial charge in [0.2, 0.25) is 0 Å². The molecule has 1 atom stereocenters. The van der Waals surface area contributed by atoms with E-state index in [0.717, 1.165) is 12.1 Å². The molecule has 0 bridgehead atoms. The lowest BCUT2D eigenvalue weighted by molar-refractivity contribution is -0.140. The molecule has 1 N–H and O–H groups in total. The number of hydrogen-bond donors (Lipinski definition) is 1. The van der Waals surface area contributed by atoms with Crippen LogP contribution in [-0.4, -0.2) is 11.9 Å². The summed E-state index contributed by atoms with van der Waals surface area (Å²) in [5.41, 5.74) is -2.23. The molecule has 0 aliphatic heterocycles. The fourth-order valence-electron chi connectivity index (χ4n) is 1.62. The number of carbonyl (C=O) groups excluding carboxylic acids is 1. The van der Waals surface area contributed by atoms with Crippen LogP contribution < -0.4 is 5.32 Å². The number of alkyl halides is 3. The number of amides is 1. The molecule has 0 spiro atoms. The van der Waals surface area contributed by atoms with E-state index in [-0.39, 0.29) is 0 Å². The third kappa shape index (κ3) is 3.70. The molecule has 0 aliphatic carbocycles. The Morgan fingerprint density at radius 1 is 1.45 bits per heavy atom. The lowest BCUT2D eigenvalue weighted by Gasteiger charge is -2.13. The Kier molecular flexibility index (Phi) is 5.08. The van der Waals surface area contributed by atoms with Crippen LogP contribution in [0.3, 0.4) is 0 Å². The van der Waals surface area contributed by atoms with E-state index in [9.17, 15) is 22.4 Å². The maximum absolute atomic E-state index is 13.7. The van der Waals surface area contributed by atoms with Crippen molar-refractivity contribution in [2.45, 2.75) is 32.0 Å². The molecule has 108 valence electrons. The van der Waals surface area contributed by atoms with Crippen molar-refractivity contribution in [3.8, 4) is 6.07 Å². The molecule has 20 heavy (non-hydrogen) atoms.